The van der Waals surface area contributed by atoms with Crippen LogP contribution in [0.1, 0.15) is 50.6 Å². The molecule has 2 N–H and O–H groups in total. The van der Waals surface area contributed by atoms with Gasteiger partial charge >= 0.3 is 5.97 Å². The number of carboxylic acids is 1. The number of imidazole rings is 1. The van der Waals surface area contributed by atoms with E-state index in [0.717, 1.165) is 12.8 Å². The standard InChI is InChI=1S/C33H28ClF2N5O4/c1-37-31(42)27-14-23(34)22(15-38-27)16-45-30-4-2-3-25(40-30)20-6-5-19(24(36)11-20)13-29-39-26-8-7-21(32(43)44)12-28(26)41(29)18-33(17-35)9-10-33/h2-8,11-12,14-15H,9-10,13,16-18H2,1H3,(H,37,42)(H,43,44). The number of carboxylic acid groups (broad SMARTS) is 1. The molecule has 1 fully saturated rings. The van der Waals surface area contributed by atoms with Gasteiger partial charge in [-0.2, -0.15) is 0 Å². The SMILES string of the molecule is CNC(=O)c1cc(Cl)c(COc2cccc(-c3ccc(Cc4nc5ccc(C(=O)O)cc5n4CC4(CF)CC4)c(F)c3)n2)cn1. The average molecular weight is 632 g/mol. The van der Waals surface area contributed by atoms with E-state index in [1.54, 1.807) is 36.4 Å². The maximum absolute atomic E-state index is 15.5. The first-order valence-corrected chi connectivity index (χ1v) is 14.6. The molecule has 1 aliphatic carbocycles. The van der Waals surface area contributed by atoms with Gasteiger partial charge < -0.3 is 19.7 Å². The molecule has 3 heterocycles. The molecule has 45 heavy (non-hydrogen) atoms. The van der Waals surface area contributed by atoms with Gasteiger partial charge in [-0.1, -0.05) is 29.8 Å². The lowest BCUT2D eigenvalue weighted by atomic mass is 10.0. The predicted molar refractivity (Wildman–Crippen MR) is 164 cm³/mol. The molecule has 6 rings (SSSR count). The Labute approximate surface area is 261 Å². The minimum absolute atomic E-state index is 0.0578. The Kier molecular flexibility index (Phi) is 8.20. The van der Waals surface area contributed by atoms with Crippen LogP contribution in [-0.2, 0) is 19.6 Å². The monoisotopic (exact) mass is 631 g/mol. The largest absolute Gasteiger partial charge is 0.478 e. The number of aromatic nitrogens is 4. The summed E-state index contributed by atoms with van der Waals surface area (Å²) in [6.07, 6.45) is 3.06. The Morgan fingerprint density at radius 1 is 1.09 bits per heavy atom. The first-order chi connectivity index (χ1) is 21.7. The van der Waals surface area contributed by atoms with Crippen LogP contribution in [-0.4, -0.2) is 50.2 Å². The lowest BCUT2D eigenvalue weighted by Crippen LogP contribution is -2.19. The van der Waals surface area contributed by atoms with Gasteiger partial charge in [-0.05, 0) is 54.8 Å². The molecule has 1 amide bonds. The zero-order valence-corrected chi connectivity index (χ0v) is 24.9. The molecule has 0 aliphatic heterocycles. The van der Waals surface area contributed by atoms with Gasteiger partial charge in [0.25, 0.3) is 5.91 Å². The third-order valence-corrected chi connectivity index (χ3v) is 8.35. The van der Waals surface area contributed by atoms with Crippen molar-refractivity contribution >= 4 is 34.5 Å². The number of ether oxygens (including phenoxy) is 1. The number of aromatic carboxylic acids is 1. The summed E-state index contributed by atoms with van der Waals surface area (Å²) >= 11 is 6.30. The molecule has 230 valence electrons. The summed E-state index contributed by atoms with van der Waals surface area (Å²) in [5.74, 6) is -1.07. The molecule has 0 atom stereocenters. The highest BCUT2D eigenvalue weighted by Gasteiger charge is 2.43. The topological polar surface area (TPSA) is 119 Å². The smallest absolute Gasteiger partial charge is 0.335 e. The van der Waals surface area contributed by atoms with Crippen LogP contribution in [0.4, 0.5) is 8.78 Å². The van der Waals surface area contributed by atoms with Gasteiger partial charge in [0.1, 0.15) is 23.9 Å². The van der Waals surface area contributed by atoms with Crippen molar-refractivity contribution in [1.82, 2.24) is 24.8 Å². The van der Waals surface area contributed by atoms with E-state index in [-0.39, 0.29) is 30.2 Å². The maximum atomic E-state index is 15.5. The third-order valence-electron chi connectivity index (χ3n) is 7.99. The second-order valence-electron chi connectivity index (χ2n) is 11.1. The van der Waals surface area contributed by atoms with E-state index in [1.165, 1.54) is 37.5 Å². The molecular weight excluding hydrogens is 604 g/mol. The lowest BCUT2D eigenvalue weighted by molar-refractivity contribution is 0.0696. The number of nitrogens with one attached hydrogen (secondary N) is 1. The fraction of sp³-hybridized carbons (Fsp3) is 0.242. The van der Waals surface area contributed by atoms with E-state index < -0.39 is 23.9 Å². The quantitative estimate of drug-likeness (QED) is 0.177. The molecule has 12 heteroatoms. The van der Waals surface area contributed by atoms with Crippen molar-refractivity contribution in [2.45, 2.75) is 32.4 Å². The van der Waals surface area contributed by atoms with Crippen molar-refractivity contribution in [2.75, 3.05) is 13.7 Å². The molecule has 1 aliphatic rings. The van der Waals surface area contributed by atoms with Gasteiger partial charge in [0.2, 0.25) is 5.88 Å². The second kappa shape index (κ2) is 12.2. The van der Waals surface area contributed by atoms with Crippen molar-refractivity contribution in [1.29, 1.82) is 0 Å². The van der Waals surface area contributed by atoms with E-state index in [9.17, 15) is 19.1 Å². The lowest BCUT2D eigenvalue weighted by Gasteiger charge is -2.16. The van der Waals surface area contributed by atoms with Crippen molar-refractivity contribution in [3.8, 4) is 17.1 Å². The summed E-state index contributed by atoms with van der Waals surface area (Å²) in [5, 5.41) is 12.3. The Balaban J connectivity index is 1.22. The number of nitrogens with zero attached hydrogens (tertiary/aromatic N) is 4. The zero-order chi connectivity index (χ0) is 31.7. The second-order valence-corrected chi connectivity index (χ2v) is 11.5. The molecule has 3 aromatic heterocycles. The summed E-state index contributed by atoms with van der Waals surface area (Å²) < 4.78 is 37.1. The van der Waals surface area contributed by atoms with Crippen LogP contribution < -0.4 is 10.1 Å². The number of alkyl halides is 1. The Bertz CT molecular complexity index is 1940. The number of rotatable bonds is 11. The van der Waals surface area contributed by atoms with Crippen LogP contribution in [0.2, 0.25) is 5.02 Å². The van der Waals surface area contributed by atoms with Crippen LogP contribution in [0.5, 0.6) is 5.88 Å². The number of pyridine rings is 2. The molecule has 0 bridgehead atoms. The first-order valence-electron chi connectivity index (χ1n) is 14.2. The van der Waals surface area contributed by atoms with Crippen molar-refractivity contribution in [3.05, 3.63) is 106 Å². The number of fused-ring (bicyclic) bond motifs is 1. The zero-order valence-electron chi connectivity index (χ0n) is 24.2. The van der Waals surface area contributed by atoms with Gasteiger partial charge in [-0.25, -0.2) is 19.2 Å². The van der Waals surface area contributed by atoms with Crippen LogP contribution in [0.3, 0.4) is 0 Å². The van der Waals surface area contributed by atoms with Gasteiger partial charge in [0.05, 0.1) is 34.0 Å². The van der Waals surface area contributed by atoms with E-state index in [2.05, 4.69) is 20.3 Å². The summed E-state index contributed by atoms with van der Waals surface area (Å²) in [6, 6.07) is 16.0. The minimum Gasteiger partial charge on any atom is -0.478 e. The van der Waals surface area contributed by atoms with Gasteiger partial charge in [-0.15, -0.1) is 0 Å². The summed E-state index contributed by atoms with van der Waals surface area (Å²) in [4.78, 5) is 36.7. The Morgan fingerprint density at radius 3 is 2.60 bits per heavy atom. The molecular formula is C33H28ClF2N5O4. The Hall–Kier alpha value is -4.90. The number of benzene rings is 2. The highest BCUT2D eigenvalue weighted by Crippen LogP contribution is 2.48. The molecule has 5 aromatic rings. The molecule has 9 nitrogen and oxygen atoms in total. The summed E-state index contributed by atoms with van der Waals surface area (Å²) in [7, 11) is 1.50. The Morgan fingerprint density at radius 2 is 1.91 bits per heavy atom. The molecule has 0 radical (unpaired) electrons. The number of halogens is 3. The third kappa shape index (κ3) is 6.34. The van der Waals surface area contributed by atoms with E-state index >= 15 is 4.39 Å². The summed E-state index contributed by atoms with van der Waals surface area (Å²) in [6.45, 7) is -0.0893. The fourth-order valence-electron chi connectivity index (χ4n) is 5.11. The van der Waals surface area contributed by atoms with Gasteiger partial charge in [0.15, 0.2) is 0 Å². The van der Waals surface area contributed by atoms with Crippen LogP contribution in [0, 0.1) is 11.2 Å². The van der Waals surface area contributed by atoms with E-state index in [4.69, 9.17) is 16.3 Å². The highest BCUT2D eigenvalue weighted by atomic mass is 35.5. The minimum atomic E-state index is -1.07. The van der Waals surface area contributed by atoms with E-state index in [1.807, 2.05) is 4.57 Å². The summed E-state index contributed by atoms with van der Waals surface area (Å²) in [5.41, 5.74) is 2.92. The predicted octanol–water partition coefficient (Wildman–Crippen LogP) is 6.26. The maximum Gasteiger partial charge on any atom is 0.335 e. The molecule has 0 unspecified atom stereocenters. The number of carbonyl (C=O) groups is 2. The van der Waals surface area contributed by atoms with Crippen molar-refractivity contribution in [3.63, 3.8) is 0 Å². The van der Waals surface area contributed by atoms with Crippen molar-refractivity contribution < 1.29 is 28.2 Å². The molecule has 2 aromatic carbocycles. The number of hydrogen-bond donors (Lipinski definition) is 2. The van der Waals surface area contributed by atoms with Gasteiger partial charge in [0, 0.05) is 48.8 Å². The van der Waals surface area contributed by atoms with Crippen molar-refractivity contribution in [2.24, 2.45) is 5.41 Å². The van der Waals surface area contributed by atoms with Crippen LogP contribution in [0.15, 0.2) is 66.9 Å². The fourth-order valence-corrected chi connectivity index (χ4v) is 5.32. The molecule has 1 saturated carbocycles. The first kappa shape index (κ1) is 30.1. The number of carbonyl (C=O) groups excluding carboxylic acids is 1. The molecule has 0 spiro atoms. The van der Waals surface area contributed by atoms with E-state index in [0.29, 0.717) is 56.7 Å². The van der Waals surface area contributed by atoms with Gasteiger partial charge in [-0.3, -0.25) is 14.2 Å². The number of hydrogen-bond acceptors (Lipinski definition) is 6. The molecule has 0 saturated heterocycles. The number of amides is 1. The normalized spacial score (nSPS) is 13.5. The highest BCUT2D eigenvalue weighted by molar-refractivity contribution is 6.31. The van der Waals surface area contributed by atoms with Crippen LogP contribution >= 0.6 is 11.6 Å². The average Bonchev–Trinajstić information content (AvgIpc) is 3.75. The van der Waals surface area contributed by atoms with Crippen LogP contribution in [0.25, 0.3) is 22.3 Å².